The lowest BCUT2D eigenvalue weighted by Crippen LogP contribution is -2.41. The van der Waals surface area contributed by atoms with Crippen LogP contribution in [0.25, 0.3) is 0 Å². The Kier molecular flexibility index (Phi) is 7.22. The highest BCUT2D eigenvalue weighted by Crippen LogP contribution is 2.22. The summed E-state index contributed by atoms with van der Waals surface area (Å²) < 4.78 is 0.955. The molecule has 0 radical (unpaired) electrons. The molecule has 5 nitrogen and oxygen atoms in total. The molecule has 1 aromatic carbocycles. The Morgan fingerprint density at radius 2 is 1.87 bits per heavy atom. The van der Waals surface area contributed by atoms with Crippen molar-refractivity contribution in [3.05, 3.63) is 34.3 Å². The fraction of sp³-hybridized carbons (Fsp3) is 0.529. The third-order valence-corrected chi connectivity index (χ3v) is 4.20. The maximum Gasteiger partial charge on any atom is 0.224 e. The molecule has 0 aliphatic rings. The van der Waals surface area contributed by atoms with Gasteiger partial charge in [-0.25, -0.2) is 0 Å². The summed E-state index contributed by atoms with van der Waals surface area (Å²) in [5.74, 6) is -0.177. The maximum absolute atomic E-state index is 12.5. The summed E-state index contributed by atoms with van der Waals surface area (Å²) >= 11 is 3.39. The van der Waals surface area contributed by atoms with E-state index in [2.05, 4.69) is 21.2 Å². The molecule has 128 valence electrons. The fourth-order valence-corrected chi connectivity index (χ4v) is 2.58. The van der Waals surface area contributed by atoms with Crippen LogP contribution in [0.5, 0.6) is 0 Å². The number of hydrogen-bond donors (Lipinski definition) is 2. The van der Waals surface area contributed by atoms with E-state index in [1.807, 2.05) is 38.1 Å². The van der Waals surface area contributed by atoms with Crippen molar-refractivity contribution >= 4 is 27.7 Å². The Morgan fingerprint density at radius 1 is 1.30 bits per heavy atom. The summed E-state index contributed by atoms with van der Waals surface area (Å²) in [6.07, 6.45) is 0.221. The van der Waals surface area contributed by atoms with Crippen LogP contribution in [0.3, 0.4) is 0 Å². The van der Waals surface area contributed by atoms with Gasteiger partial charge in [-0.1, -0.05) is 41.9 Å². The molecule has 0 aromatic heterocycles. The van der Waals surface area contributed by atoms with Crippen molar-refractivity contribution < 1.29 is 9.59 Å². The van der Waals surface area contributed by atoms with Gasteiger partial charge < -0.3 is 16.0 Å². The second-order valence-electron chi connectivity index (χ2n) is 6.63. The molecule has 23 heavy (non-hydrogen) atoms. The Morgan fingerprint density at radius 3 is 2.35 bits per heavy atom. The van der Waals surface area contributed by atoms with E-state index >= 15 is 0 Å². The number of nitrogens with one attached hydrogen (secondary N) is 1. The normalized spacial score (nSPS) is 12.6. The van der Waals surface area contributed by atoms with Gasteiger partial charge >= 0.3 is 0 Å². The van der Waals surface area contributed by atoms with Gasteiger partial charge in [0.15, 0.2) is 0 Å². The van der Waals surface area contributed by atoms with Crippen LogP contribution in [0, 0.1) is 5.41 Å². The number of hydrogen-bond acceptors (Lipinski definition) is 3. The lowest BCUT2D eigenvalue weighted by atomic mass is 9.93. The zero-order valence-corrected chi connectivity index (χ0v) is 15.8. The zero-order chi connectivity index (χ0) is 17.6. The van der Waals surface area contributed by atoms with E-state index in [0.29, 0.717) is 13.1 Å². The van der Waals surface area contributed by atoms with Crippen LogP contribution in [0.15, 0.2) is 28.7 Å². The Balaban J connectivity index is 2.82. The molecule has 0 spiro atoms. The minimum Gasteiger partial charge on any atom is -0.349 e. The molecule has 6 heteroatoms. The van der Waals surface area contributed by atoms with E-state index in [4.69, 9.17) is 5.73 Å². The Labute approximate surface area is 146 Å². The second-order valence-corrected chi connectivity index (χ2v) is 7.54. The van der Waals surface area contributed by atoms with Gasteiger partial charge in [-0.3, -0.25) is 9.59 Å². The summed E-state index contributed by atoms with van der Waals surface area (Å²) in [6.45, 7) is 6.59. The van der Waals surface area contributed by atoms with E-state index in [0.717, 1.165) is 10.0 Å². The first-order valence-electron chi connectivity index (χ1n) is 7.61. The molecule has 3 N–H and O–H groups in total. The minimum atomic E-state index is -0.337. The number of nitrogens with zero attached hydrogens (tertiary/aromatic N) is 1. The number of carbonyl (C=O) groups excluding carboxylic acids is 2. The van der Waals surface area contributed by atoms with Crippen molar-refractivity contribution in [3.63, 3.8) is 0 Å². The number of rotatable bonds is 7. The van der Waals surface area contributed by atoms with Gasteiger partial charge in [0.05, 0.1) is 12.5 Å². The van der Waals surface area contributed by atoms with Gasteiger partial charge in [-0.2, -0.15) is 0 Å². The van der Waals surface area contributed by atoms with Crippen molar-refractivity contribution in [1.29, 1.82) is 0 Å². The van der Waals surface area contributed by atoms with Gasteiger partial charge in [0.25, 0.3) is 0 Å². The van der Waals surface area contributed by atoms with Crippen LogP contribution in [0.1, 0.15) is 38.8 Å². The molecule has 0 heterocycles. The lowest BCUT2D eigenvalue weighted by molar-refractivity contribution is -0.132. The average Bonchev–Trinajstić information content (AvgIpc) is 2.46. The van der Waals surface area contributed by atoms with E-state index in [9.17, 15) is 9.59 Å². The van der Waals surface area contributed by atoms with Gasteiger partial charge in [0.1, 0.15) is 0 Å². The first-order valence-corrected chi connectivity index (χ1v) is 8.40. The molecular weight excluding hydrogens is 358 g/mol. The molecule has 0 saturated heterocycles. The summed E-state index contributed by atoms with van der Waals surface area (Å²) in [6, 6.07) is 7.27. The molecule has 0 aliphatic heterocycles. The van der Waals surface area contributed by atoms with Gasteiger partial charge in [0, 0.05) is 25.0 Å². The molecule has 0 fully saturated rings. The Hall–Kier alpha value is -1.40. The summed E-state index contributed by atoms with van der Waals surface area (Å²) in [5, 5.41) is 2.85. The fourth-order valence-electron chi connectivity index (χ4n) is 2.32. The predicted molar refractivity (Wildman–Crippen MR) is 95.8 cm³/mol. The summed E-state index contributed by atoms with van der Waals surface area (Å²) in [5.41, 5.74) is 6.50. The van der Waals surface area contributed by atoms with Crippen LogP contribution >= 0.6 is 15.9 Å². The molecule has 1 rings (SSSR count). The zero-order valence-electron chi connectivity index (χ0n) is 14.2. The topological polar surface area (TPSA) is 75.4 Å². The number of halogens is 1. The molecule has 1 aromatic rings. The number of carbonyl (C=O) groups is 2. The second kappa shape index (κ2) is 8.45. The monoisotopic (exact) mass is 383 g/mol. The SMILES string of the molecule is CC(=O)NC(CC(=O)N(C)CC(C)(C)CN)c1ccc(Br)cc1. The Bertz CT molecular complexity index is 543. The number of amides is 2. The minimum absolute atomic E-state index is 0.0202. The van der Waals surface area contributed by atoms with Crippen molar-refractivity contribution in [2.45, 2.75) is 33.2 Å². The average molecular weight is 384 g/mol. The smallest absolute Gasteiger partial charge is 0.224 e. The highest BCUT2D eigenvalue weighted by Gasteiger charge is 2.24. The number of benzene rings is 1. The van der Waals surface area contributed by atoms with E-state index in [1.54, 1.807) is 11.9 Å². The molecule has 1 atom stereocenters. The maximum atomic E-state index is 12.5. The lowest BCUT2D eigenvalue weighted by Gasteiger charge is -2.30. The largest absolute Gasteiger partial charge is 0.349 e. The van der Waals surface area contributed by atoms with E-state index in [-0.39, 0.29) is 29.7 Å². The molecule has 1 unspecified atom stereocenters. The van der Waals surface area contributed by atoms with Crippen LogP contribution in [0.2, 0.25) is 0 Å². The van der Waals surface area contributed by atoms with Crippen molar-refractivity contribution in [3.8, 4) is 0 Å². The van der Waals surface area contributed by atoms with Gasteiger partial charge in [0.2, 0.25) is 11.8 Å². The van der Waals surface area contributed by atoms with E-state index < -0.39 is 0 Å². The quantitative estimate of drug-likeness (QED) is 0.758. The predicted octanol–water partition coefficient (Wildman–Crippen LogP) is 2.46. The highest BCUT2D eigenvalue weighted by molar-refractivity contribution is 9.10. The summed E-state index contributed by atoms with van der Waals surface area (Å²) in [4.78, 5) is 25.6. The van der Waals surface area contributed by atoms with Gasteiger partial charge in [-0.15, -0.1) is 0 Å². The summed E-state index contributed by atoms with van der Waals surface area (Å²) in [7, 11) is 1.77. The molecule has 0 bridgehead atoms. The first kappa shape index (κ1) is 19.6. The molecule has 0 saturated carbocycles. The molecule has 2 amide bonds. The highest BCUT2D eigenvalue weighted by atomic mass is 79.9. The third-order valence-electron chi connectivity index (χ3n) is 3.67. The van der Waals surface area contributed by atoms with Crippen molar-refractivity contribution in [2.24, 2.45) is 11.1 Å². The van der Waals surface area contributed by atoms with Crippen molar-refractivity contribution in [2.75, 3.05) is 20.1 Å². The number of nitrogens with two attached hydrogens (primary N) is 1. The van der Waals surface area contributed by atoms with Crippen LogP contribution in [-0.2, 0) is 9.59 Å². The molecule has 0 aliphatic carbocycles. The van der Waals surface area contributed by atoms with Crippen molar-refractivity contribution in [1.82, 2.24) is 10.2 Å². The van der Waals surface area contributed by atoms with Crippen LogP contribution in [-0.4, -0.2) is 36.9 Å². The van der Waals surface area contributed by atoms with Crippen LogP contribution in [0.4, 0.5) is 0 Å². The third kappa shape index (κ3) is 6.71. The van der Waals surface area contributed by atoms with Crippen LogP contribution < -0.4 is 11.1 Å². The first-order chi connectivity index (χ1) is 10.6. The van der Waals surface area contributed by atoms with Gasteiger partial charge in [-0.05, 0) is 29.7 Å². The molecular formula is C17H26BrN3O2. The standard InChI is InChI=1S/C17H26BrN3O2/c1-12(22)20-15(13-5-7-14(18)8-6-13)9-16(23)21(4)11-17(2,3)10-19/h5-8,15H,9-11,19H2,1-4H3,(H,20,22). The van der Waals surface area contributed by atoms with E-state index in [1.165, 1.54) is 6.92 Å².